The van der Waals surface area contributed by atoms with Crippen LogP contribution in [0.4, 0.5) is 5.69 Å². The smallest absolute Gasteiger partial charge is 0.251 e. The van der Waals surface area contributed by atoms with Gasteiger partial charge >= 0.3 is 0 Å². The maximum Gasteiger partial charge on any atom is 0.251 e. The Labute approximate surface area is 193 Å². The van der Waals surface area contributed by atoms with Crippen LogP contribution >= 0.6 is 11.8 Å². The second kappa shape index (κ2) is 10.5. The van der Waals surface area contributed by atoms with Gasteiger partial charge in [0.05, 0.1) is 11.8 Å². The van der Waals surface area contributed by atoms with E-state index in [9.17, 15) is 9.59 Å². The molecule has 8 heteroatoms. The summed E-state index contributed by atoms with van der Waals surface area (Å²) in [5.74, 6) is 0.703. The number of benzene rings is 2. The molecule has 0 saturated heterocycles. The van der Waals surface area contributed by atoms with E-state index >= 15 is 0 Å². The van der Waals surface area contributed by atoms with Crippen molar-refractivity contribution in [2.24, 2.45) is 13.0 Å². The molecule has 7 nitrogen and oxygen atoms in total. The number of rotatable bonds is 8. The van der Waals surface area contributed by atoms with E-state index in [0.717, 1.165) is 11.3 Å². The Hall–Kier alpha value is -3.13. The van der Waals surface area contributed by atoms with Gasteiger partial charge in [0.25, 0.3) is 5.91 Å². The van der Waals surface area contributed by atoms with Crippen LogP contribution in [0.25, 0.3) is 0 Å². The predicted molar refractivity (Wildman–Crippen MR) is 128 cm³/mol. The second-order valence-electron chi connectivity index (χ2n) is 8.10. The van der Waals surface area contributed by atoms with Gasteiger partial charge in [0.1, 0.15) is 0 Å². The number of carbonyl (C=O) groups excluding carboxylic acids is 2. The lowest BCUT2D eigenvalue weighted by molar-refractivity contribution is -0.113. The van der Waals surface area contributed by atoms with Crippen molar-refractivity contribution in [2.75, 3.05) is 11.1 Å². The quantitative estimate of drug-likeness (QED) is 0.499. The first kappa shape index (κ1) is 23.5. The lowest BCUT2D eigenvalue weighted by Gasteiger charge is -2.21. The predicted octanol–water partition coefficient (Wildman–Crippen LogP) is 4.29. The van der Waals surface area contributed by atoms with Gasteiger partial charge in [-0.1, -0.05) is 49.9 Å². The molecule has 1 aromatic heterocycles. The van der Waals surface area contributed by atoms with Crippen LogP contribution in [0.2, 0.25) is 0 Å². The molecular weight excluding hydrogens is 422 g/mol. The van der Waals surface area contributed by atoms with Gasteiger partial charge < -0.3 is 15.2 Å². The van der Waals surface area contributed by atoms with Crippen molar-refractivity contribution < 1.29 is 9.59 Å². The molecule has 0 spiro atoms. The van der Waals surface area contributed by atoms with Crippen LogP contribution < -0.4 is 10.6 Å². The minimum Gasteiger partial charge on any atom is -0.342 e. The molecule has 2 aromatic carbocycles. The minimum atomic E-state index is -0.307. The molecule has 0 aliphatic carbocycles. The molecule has 0 radical (unpaired) electrons. The molecule has 0 fully saturated rings. The van der Waals surface area contributed by atoms with E-state index in [4.69, 9.17) is 0 Å². The van der Waals surface area contributed by atoms with E-state index in [1.165, 1.54) is 17.3 Å². The number of nitrogens with one attached hydrogen (secondary N) is 2. The first-order chi connectivity index (χ1) is 15.3. The summed E-state index contributed by atoms with van der Waals surface area (Å²) in [7, 11) is 1.85. The van der Waals surface area contributed by atoms with E-state index in [1.807, 2.05) is 75.7 Å². The van der Waals surface area contributed by atoms with E-state index < -0.39 is 0 Å². The van der Waals surface area contributed by atoms with Crippen LogP contribution in [0.1, 0.15) is 47.2 Å². The maximum absolute atomic E-state index is 12.7. The standard InChI is InChI=1S/C24H29N5O2S/c1-15(2)21(26-23(31)18-9-7-6-8-10-18)22-27-28-24(29(22)5)32-14-20(30)25-19-12-11-16(3)17(4)13-19/h6-13,15,21H,14H2,1-5H3,(H,25,30)(H,26,31)/t21-/m1/s1. The fourth-order valence-electron chi connectivity index (χ4n) is 3.21. The molecule has 0 bridgehead atoms. The molecule has 32 heavy (non-hydrogen) atoms. The van der Waals surface area contributed by atoms with E-state index in [1.54, 1.807) is 12.1 Å². The normalized spacial score (nSPS) is 11.9. The Balaban J connectivity index is 1.65. The van der Waals surface area contributed by atoms with Crippen molar-refractivity contribution in [1.29, 1.82) is 0 Å². The maximum atomic E-state index is 12.7. The highest BCUT2D eigenvalue weighted by Crippen LogP contribution is 2.24. The molecule has 1 atom stereocenters. The molecule has 3 rings (SSSR count). The molecular formula is C24H29N5O2S. The van der Waals surface area contributed by atoms with Crippen molar-refractivity contribution in [3.05, 3.63) is 71.0 Å². The summed E-state index contributed by atoms with van der Waals surface area (Å²) in [4.78, 5) is 25.1. The number of thioether (sulfide) groups is 1. The van der Waals surface area contributed by atoms with Gasteiger partial charge in [0, 0.05) is 18.3 Å². The number of anilines is 1. The fourth-order valence-corrected chi connectivity index (χ4v) is 3.93. The van der Waals surface area contributed by atoms with E-state index in [-0.39, 0.29) is 29.5 Å². The molecule has 3 aromatic rings. The Morgan fingerprint density at radius 2 is 1.75 bits per heavy atom. The van der Waals surface area contributed by atoms with Crippen molar-refractivity contribution in [3.8, 4) is 0 Å². The molecule has 0 saturated carbocycles. The number of nitrogens with zero attached hydrogens (tertiary/aromatic N) is 3. The third-order valence-electron chi connectivity index (χ3n) is 5.26. The Kier molecular flexibility index (Phi) is 7.69. The Morgan fingerprint density at radius 3 is 2.41 bits per heavy atom. The number of amides is 2. The number of aromatic nitrogens is 3. The number of hydrogen-bond donors (Lipinski definition) is 2. The van der Waals surface area contributed by atoms with Gasteiger partial charge in [-0.3, -0.25) is 9.59 Å². The summed E-state index contributed by atoms with van der Waals surface area (Å²) in [6.07, 6.45) is 0. The van der Waals surface area contributed by atoms with Crippen molar-refractivity contribution in [1.82, 2.24) is 20.1 Å². The van der Waals surface area contributed by atoms with Crippen LogP contribution in [-0.2, 0) is 11.8 Å². The minimum absolute atomic E-state index is 0.108. The Morgan fingerprint density at radius 1 is 1.03 bits per heavy atom. The van der Waals surface area contributed by atoms with Crippen LogP contribution in [-0.4, -0.2) is 32.3 Å². The fraction of sp³-hybridized carbons (Fsp3) is 0.333. The van der Waals surface area contributed by atoms with Gasteiger partial charge in [-0.05, 0) is 55.2 Å². The van der Waals surface area contributed by atoms with E-state index in [0.29, 0.717) is 16.5 Å². The molecule has 2 amide bonds. The van der Waals surface area contributed by atoms with Crippen molar-refractivity contribution in [2.45, 2.75) is 38.9 Å². The van der Waals surface area contributed by atoms with Crippen LogP contribution in [0.15, 0.2) is 53.7 Å². The molecule has 1 heterocycles. The zero-order chi connectivity index (χ0) is 23.3. The average molecular weight is 452 g/mol. The number of aryl methyl sites for hydroxylation is 2. The molecule has 0 unspecified atom stereocenters. The molecule has 0 aliphatic heterocycles. The zero-order valence-electron chi connectivity index (χ0n) is 19.0. The van der Waals surface area contributed by atoms with Crippen molar-refractivity contribution >= 4 is 29.3 Å². The summed E-state index contributed by atoms with van der Waals surface area (Å²) in [6, 6.07) is 14.6. The zero-order valence-corrected chi connectivity index (χ0v) is 19.9. The van der Waals surface area contributed by atoms with Crippen LogP contribution in [0.3, 0.4) is 0 Å². The van der Waals surface area contributed by atoms with Gasteiger partial charge in [-0.25, -0.2) is 0 Å². The lowest BCUT2D eigenvalue weighted by Crippen LogP contribution is -2.33. The average Bonchev–Trinajstić information content (AvgIpc) is 3.13. The van der Waals surface area contributed by atoms with E-state index in [2.05, 4.69) is 20.8 Å². The summed E-state index contributed by atoms with van der Waals surface area (Å²) < 4.78 is 1.84. The summed E-state index contributed by atoms with van der Waals surface area (Å²) in [5.41, 5.74) is 3.69. The van der Waals surface area contributed by atoms with Crippen LogP contribution in [0, 0.1) is 19.8 Å². The highest BCUT2D eigenvalue weighted by molar-refractivity contribution is 7.99. The van der Waals surface area contributed by atoms with Crippen LogP contribution in [0.5, 0.6) is 0 Å². The lowest BCUT2D eigenvalue weighted by atomic mass is 10.0. The number of carbonyl (C=O) groups is 2. The Bertz CT molecular complexity index is 1100. The third kappa shape index (κ3) is 5.76. The summed E-state index contributed by atoms with van der Waals surface area (Å²) in [6.45, 7) is 8.10. The highest BCUT2D eigenvalue weighted by atomic mass is 32.2. The topological polar surface area (TPSA) is 88.9 Å². The largest absolute Gasteiger partial charge is 0.342 e. The molecule has 2 N–H and O–H groups in total. The molecule has 168 valence electrons. The van der Waals surface area contributed by atoms with Gasteiger partial charge in [-0.2, -0.15) is 0 Å². The van der Waals surface area contributed by atoms with Crippen molar-refractivity contribution in [3.63, 3.8) is 0 Å². The number of hydrogen-bond acceptors (Lipinski definition) is 5. The van der Waals surface area contributed by atoms with Gasteiger partial charge in [0.15, 0.2) is 11.0 Å². The SMILES string of the molecule is Cc1ccc(NC(=O)CSc2nnc([C@H](NC(=O)c3ccccc3)C(C)C)n2C)cc1C. The molecule has 0 aliphatic rings. The highest BCUT2D eigenvalue weighted by Gasteiger charge is 2.25. The first-order valence-corrected chi connectivity index (χ1v) is 11.5. The third-order valence-corrected chi connectivity index (χ3v) is 6.28. The second-order valence-corrected chi connectivity index (χ2v) is 9.04. The van der Waals surface area contributed by atoms with Gasteiger partial charge in [-0.15, -0.1) is 10.2 Å². The first-order valence-electron chi connectivity index (χ1n) is 10.5. The van der Waals surface area contributed by atoms with Gasteiger partial charge in [0.2, 0.25) is 5.91 Å². The monoisotopic (exact) mass is 451 g/mol. The summed E-state index contributed by atoms with van der Waals surface area (Å²) in [5, 5.41) is 15.2. The summed E-state index contributed by atoms with van der Waals surface area (Å²) >= 11 is 1.31.